The summed E-state index contributed by atoms with van der Waals surface area (Å²) < 4.78 is 0. The molecule has 0 N–H and O–H groups in total. The lowest BCUT2D eigenvalue weighted by molar-refractivity contribution is -0.116. The topological polar surface area (TPSA) is 23.6 Å². The van der Waals surface area contributed by atoms with Gasteiger partial charge in [0, 0.05) is 24.5 Å². The molecular formula is C17H22N2OS. The Morgan fingerprint density at radius 3 is 2.90 bits per heavy atom. The van der Waals surface area contributed by atoms with Gasteiger partial charge in [0.15, 0.2) is 0 Å². The zero-order valence-electron chi connectivity index (χ0n) is 12.3. The third-order valence-corrected chi connectivity index (χ3v) is 5.24. The molecule has 1 aromatic carbocycles. The van der Waals surface area contributed by atoms with Gasteiger partial charge in [-0.25, -0.2) is 0 Å². The lowest BCUT2D eigenvalue weighted by Gasteiger charge is -2.39. The maximum Gasteiger partial charge on any atom is 0.237 e. The van der Waals surface area contributed by atoms with Crippen LogP contribution in [0.2, 0.25) is 0 Å². The summed E-state index contributed by atoms with van der Waals surface area (Å²) in [5, 5.41) is 0. The summed E-state index contributed by atoms with van der Waals surface area (Å²) in [7, 11) is 0. The molecule has 2 aliphatic heterocycles. The molecule has 4 heteroatoms. The Morgan fingerprint density at radius 1 is 1.29 bits per heavy atom. The Bertz CT molecular complexity index is 525. The zero-order chi connectivity index (χ0) is 14.7. The number of rotatable bonds is 6. The molecule has 2 heterocycles. The second kappa shape index (κ2) is 6.67. The van der Waals surface area contributed by atoms with Gasteiger partial charge in [-0.3, -0.25) is 4.79 Å². The predicted molar refractivity (Wildman–Crippen MR) is 88.9 cm³/mol. The smallest absolute Gasteiger partial charge is 0.237 e. The van der Waals surface area contributed by atoms with E-state index in [1.807, 2.05) is 23.1 Å². The van der Waals surface area contributed by atoms with Gasteiger partial charge in [-0.1, -0.05) is 18.2 Å². The van der Waals surface area contributed by atoms with E-state index in [1.165, 1.54) is 18.0 Å². The maximum absolute atomic E-state index is 12.1. The van der Waals surface area contributed by atoms with Crippen molar-refractivity contribution in [2.75, 3.05) is 36.8 Å². The average molecular weight is 302 g/mol. The number of allylic oxidation sites excluding steroid dienone is 1. The van der Waals surface area contributed by atoms with E-state index in [9.17, 15) is 4.79 Å². The number of anilines is 1. The van der Waals surface area contributed by atoms with Crippen LogP contribution in [0.5, 0.6) is 0 Å². The van der Waals surface area contributed by atoms with Crippen LogP contribution in [-0.4, -0.2) is 42.7 Å². The summed E-state index contributed by atoms with van der Waals surface area (Å²) in [6.07, 6.45) is 4.19. The Balaban J connectivity index is 1.49. The van der Waals surface area contributed by atoms with Crippen LogP contribution in [0.25, 0.3) is 0 Å². The summed E-state index contributed by atoms with van der Waals surface area (Å²) >= 11 is 1.65. The quantitative estimate of drug-likeness (QED) is 0.755. The zero-order valence-corrected chi connectivity index (χ0v) is 13.1. The Morgan fingerprint density at radius 2 is 2.10 bits per heavy atom. The molecule has 1 saturated heterocycles. The Labute approximate surface area is 131 Å². The molecule has 1 fully saturated rings. The highest BCUT2D eigenvalue weighted by molar-refractivity contribution is 8.00. The van der Waals surface area contributed by atoms with E-state index in [1.54, 1.807) is 11.8 Å². The van der Waals surface area contributed by atoms with Crippen molar-refractivity contribution < 1.29 is 4.79 Å². The second-order valence-corrected chi connectivity index (χ2v) is 6.82. The molecule has 0 aliphatic carbocycles. The lowest BCUT2D eigenvalue weighted by atomic mass is 9.96. The third kappa shape index (κ3) is 3.33. The molecule has 3 rings (SSSR count). The number of benzene rings is 1. The molecule has 1 amide bonds. The first-order valence-corrected chi connectivity index (χ1v) is 8.62. The van der Waals surface area contributed by atoms with Crippen molar-refractivity contribution in [2.24, 2.45) is 5.92 Å². The van der Waals surface area contributed by atoms with Crippen LogP contribution >= 0.6 is 11.8 Å². The van der Waals surface area contributed by atoms with Crippen LogP contribution in [0.3, 0.4) is 0 Å². The number of likely N-dealkylation sites (tertiary alicyclic amines) is 1. The van der Waals surface area contributed by atoms with Crippen molar-refractivity contribution in [3.8, 4) is 0 Å². The normalized spacial score (nSPS) is 19.2. The molecule has 0 radical (unpaired) electrons. The number of hydrogen-bond acceptors (Lipinski definition) is 3. The van der Waals surface area contributed by atoms with Crippen molar-refractivity contribution in [1.29, 1.82) is 0 Å². The highest BCUT2D eigenvalue weighted by Crippen LogP contribution is 2.34. The van der Waals surface area contributed by atoms with Crippen molar-refractivity contribution in [2.45, 2.75) is 17.7 Å². The molecule has 112 valence electrons. The lowest BCUT2D eigenvalue weighted by Crippen LogP contribution is -2.47. The minimum atomic E-state index is 0.242. The van der Waals surface area contributed by atoms with Gasteiger partial charge in [-0.15, -0.1) is 18.3 Å². The van der Waals surface area contributed by atoms with Gasteiger partial charge in [-0.2, -0.15) is 0 Å². The number of nitrogens with zero attached hydrogens (tertiary/aromatic N) is 2. The summed E-state index contributed by atoms with van der Waals surface area (Å²) in [6.45, 7) is 8.09. The molecule has 2 aliphatic rings. The van der Waals surface area contributed by atoms with E-state index in [2.05, 4.69) is 23.6 Å². The predicted octanol–water partition coefficient (Wildman–Crippen LogP) is 3.02. The number of thioether (sulfide) groups is 1. The fourth-order valence-corrected chi connectivity index (χ4v) is 4.03. The van der Waals surface area contributed by atoms with Gasteiger partial charge >= 0.3 is 0 Å². The highest BCUT2D eigenvalue weighted by atomic mass is 32.2. The molecule has 0 atom stereocenters. The first-order valence-electron chi connectivity index (χ1n) is 7.63. The molecule has 21 heavy (non-hydrogen) atoms. The summed E-state index contributed by atoms with van der Waals surface area (Å²) in [4.78, 5) is 17.8. The Kier molecular flexibility index (Phi) is 4.66. The van der Waals surface area contributed by atoms with Crippen molar-refractivity contribution in [3.63, 3.8) is 0 Å². The van der Waals surface area contributed by atoms with E-state index in [0.29, 0.717) is 5.75 Å². The standard InChI is InChI=1S/C17H22N2OS/c1-2-6-14-11-18(12-14)9-5-10-19-15-7-3-4-8-16(15)21-13-17(19)20/h2-4,7-8,14H,1,5-6,9-13H2. The summed E-state index contributed by atoms with van der Waals surface area (Å²) in [6, 6.07) is 8.22. The van der Waals surface area contributed by atoms with Gasteiger partial charge in [0.25, 0.3) is 0 Å². The van der Waals surface area contributed by atoms with E-state index >= 15 is 0 Å². The number of carbonyl (C=O) groups excluding carboxylic acids is 1. The van der Waals surface area contributed by atoms with Crippen LogP contribution in [0.1, 0.15) is 12.8 Å². The van der Waals surface area contributed by atoms with E-state index in [0.717, 1.165) is 37.5 Å². The SMILES string of the molecule is C=CCC1CN(CCCN2C(=O)CSc3ccccc32)C1. The van der Waals surface area contributed by atoms with E-state index in [-0.39, 0.29) is 5.91 Å². The number of hydrogen-bond donors (Lipinski definition) is 0. The minimum Gasteiger partial charge on any atom is -0.311 e. The second-order valence-electron chi connectivity index (χ2n) is 5.81. The summed E-state index contributed by atoms with van der Waals surface area (Å²) in [5.41, 5.74) is 1.09. The van der Waals surface area contributed by atoms with E-state index < -0.39 is 0 Å². The molecule has 0 bridgehead atoms. The molecule has 0 aromatic heterocycles. The number of carbonyl (C=O) groups is 1. The number of amides is 1. The van der Waals surface area contributed by atoms with Crippen molar-refractivity contribution in [3.05, 3.63) is 36.9 Å². The van der Waals surface area contributed by atoms with Gasteiger partial charge in [0.05, 0.1) is 11.4 Å². The molecule has 0 spiro atoms. The van der Waals surface area contributed by atoms with Gasteiger partial charge in [-0.05, 0) is 37.4 Å². The minimum absolute atomic E-state index is 0.242. The fraction of sp³-hybridized carbons (Fsp3) is 0.471. The molecule has 3 nitrogen and oxygen atoms in total. The van der Waals surface area contributed by atoms with Crippen molar-refractivity contribution >= 4 is 23.4 Å². The largest absolute Gasteiger partial charge is 0.311 e. The molecular weight excluding hydrogens is 280 g/mol. The molecule has 1 aromatic rings. The highest BCUT2D eigenvalue weighted by Gasteiger charge is 2.27. The van der Waals surface area contributed by atoms with Crippen molar-refractivity contribution in [1.82, 2.24) is 4.90 Å². The van der Waals surface area contributed by atoms with Crippen LogP contribution in [0.4, 0.5) is 5.69 Å². The first kappa shape index (κ1) is 14.7. The maximum atomic E-state index is 12.1. The first-order chi connectivity index (χ1) is 10.3. The van der Waals surface area contributed by atoms with Gasteiger partial charge < -0.3 is 9.80 Å². The monoisotopic (exact) mass is 302 g/mol. The van der Waals surface area contributed by atoms with Crippen LogP contribution < -0.4 is 4.90 Å². The van der Waals surface area contributed by atoms with Gasteiger partial charge in [0.2, 0.25) is 5.91 Å². The number of fused-ring (bicyclic) bond motifs is 1. The van der Waals surface area contributed by atoms with Crippen LogP contribution in [-0.2, 0) is 4.79 Å². The molecule has 0 unspecified atom stereocenters. The van der Waals surface area contributed by atoms with Crippen LogP contribution in [0, 0.1) is 5.92 Å². The third-order valence-electron chi connectivity index (χ3n) is 4.20. The van der Waals surface area contributed by atoms with E-state index in [4.69, 9.17) is 0 Å². The Hall–Kier alpha value is -1.26. The molecule has 0 saturated carbocycles. The van der Waals surface area contributed by atoms with Gasteiger partial charge in [0.1, 0.15) is 0 Å². The average Bonchev–Trinajstić information content (AvgIpc) is 2.46. The fourth-order valence-electron chi connectivity index (χ4n) is 3.10. The summed E-state index contributed by atoms with van der Waals surface area (Å²) in [5.74, 6) is 1.62. The van der Waals surface area contributed by atoms with Crippen LogP contribution in [0.15, 0.2) is 41.8 Å². The number of para-hydroxylation sites is 1.